The van der Waals surface area contributed by atoms with E-state index >= 15 is 0 Å². The van der Waals surface area contributed by atoms with Gasteiger partial charge in [0, 0.05) is 49.5 Å². The van der Waals surface area contributed by atoms with E-state index in [4.69, 9.17) is 4.74 Å². The van der Waals surface area contributed by atoms with Gasteiger partial charge in [-0.15, -0.1) is 0 Å². The molecule has 7 heteroatoms. The Balaban J connectivity index is 1.39. The molecule has 5 rings (SSSR count). The summed E-state index contributed by atoms with van der Waals surface area (Å²) in [6.45, 7) is 4.87. The molecular formula is C22H25N5O2. The average molecular weight is 391 g/mol. The van der Waals surface area contributed by atoms with Crippen LogP contribution in [0.2, 0.25) is 0 Å². The number of anilines is 1. The van der Waals surface area contributed by atoms with Gasteiger partial charge in [0.05, 0.1) is 6.61 Å². The Morgan fingerprint density at radius 2 is 2.03 bits per heavy atom. The van der Waals surface area contributed by atoms with Crippen molar-refractivity contribution in [1.82, 2.24) is 19.3 Å². The number of hydrogen-bond donors (Lipinski definition) is 1. The zero-order valence-electron chi connectivity index (χ0n) is 17.2. The maximum absolute atomic E-state index is 13.1. The number of ether oxygens (including phenoxy) is 1. The summed E-state index contributed by atoms with van der Waals surface area (Å²) in [6.07, 6.45) is 5.36. The van der Waals surface area contributed by atoms with Crippen molar-refractivity contribution in [2.45, 2.75) is 32.1 Å². The zero-order valence-corrected chi connectivity index (χ0v) is 17.2. The van der Waals surface area contributed by atoms with Gasteiger partial charge < -0.3 is 14.6 Å². The van der Waals surface area contributed by atoms with Crippen LogP contribution in [0.1, 0.15) is 29.5 Å². The van der Waals surface area contributed by atoms with Gasteiger partial charge in [-0.2, -0.15) is 5.10 Å². The zero-order chi connectivity index (χ0) is 20.3. The van der Waals surface area contributed by atoms with Crippen LogP contribution in [0.15, 0.2) is 30.6 Å². The maximum atomic E-state index is 13.1. The van der Waals surface area contributed by atoms with Gasteiger partial charge in [0.15, 0.2) is 5.82 Å². The van der Waals surface area contributed by atoms with E-state index in [2.05, 4.69) is 41.4 Å². The molecule has 1 fully saturated rings. The van der Waals surface area contributed by atoms with E-state index in [1.165, 1.54) is 16.7 Å². The Kier molecular flexibility index (Phi) is 3.84. The second kappa shape index (κ2) is 6.20. The number of hydrogen-bond acceptors (Lipinski definition) is 4. The molecule has 1 saturated carbocycles. The lowest BCUT2D eigenvalue weighted by molar-refractivity contribution is -0.117. The number of nitrogens with one attached hydrogen (secondary N) is 1. The number of fused-ring (bicyclic) bond motifs is 2. The molecule has 1 aromatic carbocycles. The van der Waals surface area contributed by atoms with Crippen LogP contribution in [-0.2, 0) is 24.3 Å². The molecule has 1 N–H and O–H groups in total. The number of imidazole rings is 1. The van der Waals surface area contributed by atoms with Gasteiger partial charge in [0.25, 0.3) is 0 Å². The summed E-state index contributed by atoms with van der Waals surface area (Å²) in [5.41, 5.74) is 4.29. The molecule has 7 nitrogen and oxygen atoms in total. The highest BCUT2D eigenvalue weighted by Gasteiger charge is 2.61. The highest BCUT2D eigenvalue weighted by atomic mass is 16.5. The van der Waals surface area contributed by atoms with E-state index in [1.54, 1.807) is 10.9 Å². The minimum absolute atomic E-state index is 0.0428. The summed E-state index contributed by atoms with van der Waals surface area (Å²) in [6, 6.07) is 6.19. The number of rotatable bonds is 3. The van der Waals surface area contributed by atoms with E-state index in [0.717, 1.165) is 30.1 Å². The number of nitrogens with zero attached hydrogens (tertiary/aromatic N) is 4. The molecule has 0 saturated heterocycles. The van der Waals surface area contributed by atoms with E-state index in [-0.39, 0.29) is 17.2 Å². The number of benzene rings is 1. The molecule has 3 aromatic rings. The van der Waals surface area contributed by atoms with Crippen molar-refractivity contribution in [3.8, 4) is 17.3 Å². The highest BCUT2D eigenvalue weighted by molar-refractivity contribution is 5.96. The molecular weight excluding hydrogens is 366 g/mol. The van der Waals surface area contributed by atoms with Crippen LogP contribution in [0.25, 0.3) is 11.5 Å². The highest BCUT2D eigenvalue weighted by Crippen LogP contribution is 2.61. The fourth-order valence-corrected chi connectivity index (χ4v) is 4.52. The Morgan fingerprint density at radius 3 is 2.79 bits per heavy atom. The molecule has 0 unspecified atom stereocenters. The predicted octanol–water partition coefficient (Wildman–Crippen LogP) is 3.12. The Labute approximate surface area is 169 Å². The van der Waals surface area contributed by atoms with Crippen molar-refractivity contribution in [3.63, 3.8) is 0 Å². The minimum Gasteiger partial charge on any atom is -0.493 e. The number of aryl methyl sites for hydroxylation is 4. The largest absolute Gasteiger partial charge is 0.493 e. The quantitative estimate of drug-likeness (QED) is 0.744. The fourth-order valence-electron chi connectivity index (χ4n) is 4.52. The standard InChI is InChI=1S/C22H25N5O2/c1-13-9-15-18(10-14(13)2)29-8-5-22(15)12-16(22)21(28)24-19-11-17(25-27(19)4)20-23-6-7-26(20)3/h6-7,9-11,16H,5,8,12H2,1-4H3,(H,24,28)/t16-,22-/m0/s1. The summed E-state index contributed by atoms with van der Waals surface area (Å²) < 4.78 is 9.51. The monoisotopic (exact) mass is 391 g/mol. The molecule has 3 heterocycles. The third kappa shape index (κ3) is 2.75. The Morgan fingerprint density at radius 1 is 1.24 bits per heavy atom. The van der Waals surface area contributed by atoms with Crippen LogP contribution < -0.4 is 10.1 Å². The third-order valence-electron chi connectivity index (χ3n) is 6.51. The van der Waals surface area contributed by atoms with Gasteiger partial charge >= 0.3 is 0 Å². The second-order valence-electron chi connectivity index (χ2n) is 8.33. The van der Waals surface area contributed by atoms with Gasteiger partial charge in [-0.25, -0.2) is 4.98 Å². The summed E-state index contributed by atoms with van der Waals surface area (Å²) in [7, 11) is 3.76. The molecule has 0 bridgehead atoms. The maximum Gasteiger partial charge on any atom is 0.229 e. The first-order valence-corrected chi connectivity index (χ1v) is 9.96. The predicted molar refractivity (Wildman–Crippen MR) is 110 cm³/mol. The first kappa shape index (κ1) is 18.0. The van der Waals surface area contributed by atoms with Gasteiger partial charge in [-0.05, 0) is 43.9 Å². The van der Waals surface area contributed by atoms with Gasteiger partial charge in [0.2, 0.25) is 5.91 Å². The number of amides is 1. The van der Waals surface area contributed by atoms with Crippen molar-refractivity contribution in [1.29, 1.82) is 0 Å². The van der Waals surface area contributed by atoms with Gasteiger partial charge in [0.1, 0.15) is 17.3 Å². The van der Waals surface area contributed by atoms with Crippen LogP contribution in [0.3, 0.4) is 0 Å². The SMILES string of the molecule is Cc1cc2c(cc1C)[C@]1(CCO2)C[C@H]1C(=O)Nc1cc(-c2nccn2C)nn1C. The number of aromatic nitrogens is 4. The molecule has 1 aliphatic carbocycles. The summed E-state index contributed by atoms with van der Waals surface area (Å²) in [5, 5.41) is 7.59. The van der Waals surface area contributed by atoms with Crippen molar-refractivity contribution in [3.05, 3.63) is 47.3 Å². The normalized spacial score (nSPS) is 22.3. The average Bonchev–Trinajstić information content (AvgIpc) is 3.04. The molecule has 150 valence electrons. The molecule has 1 aliphatic heterocycles. The van der Waals surface area contributed by atoms with Crippen LogP contribution in [0.5, 0.6) is 5.75 Å². The summed E-state index contributed by atoms with van der Waals surface area (Å²) >= 11 is 0. The Hall–Kier alpha value is -3.09. The molecule has 29 heavy (non-hydrogen) atoms. The van der Waals surface area contributed by atoms with Crippen molar-refractivity contribution >= 4 is 11.7 Å². The molecule has 0 radical (unpaired) electrons. The number of carbonyl (C=O) groups excluding carboxylic acids is 1. The lowest BCUT2D eigenvalue weighted by Crippen LogP contribution is -2.27. The van der Waals surface area contributed by atoms with Crippen LogP contribution in [0.4, 0.5) is 5.82 Å². The third-order valence-corrected chi connectivity index (χ3v) is 6.51. The van der Waals surface area contributed by atoms with Crippen molar-refractivity contribution < 1.29 is 9.53 Å². The first-order valence-electron chi connectivity index (χ1n) is 9.96. The van der Waals surface area contributed by atoms with Gasteiger partial charge in [-0.3, -0.25) is 9.48 Å². The van der Waals surface area contributed by atoms with E-state index < -0.39 is 0 Å². The van der Waals surface area contributed by atoms with E-state index in [0.29, 0.717) is 12.4 Å². The van der Waals surface area contributed by atoms with Gasteiger partial charge in [-0.1, -0.05) is 6.07 Å². The molecule has 2 aromatic heterocycles. The van der Waals surface area contributed by atoms with E-state index in [9.17, 15) is 4.79 Å². The lowest BCUT2D eigenvalue weighted by atomic mass is 9.85. The summed E-state index contributed by atoms with van der Waals surface area (Å²) in [5.74, 6) is 2.40. The minimum atomic E-state index is -0.1000. The summed E-state index contributed by atoms with van der Waals surface area (Å²) in [4.78, 5) is 17.4. The number of carbonyl (C=O) groups is 1. The molecule has 2 aliphatic rings. The topological polar surface area (TPSA) is 74.0 Å². The second-order valence-corrected chi connectivity index (χ2v) is 8.33. The Bertz CT molecular complexity index is 1130. The molecule has 1 spiro atoms. The molecule has 1 amide bonds. The molecule has 2 atom stereocenters. The lowest BCUT2D eigenvalue weighted by Gasteiger charge is -2.28. The van der Waals surface area contributed by atoms with Crippen LogP contribution in [-0.4, -0.2) is 31.8 Å². The van der Waals surface area contributed by atoms with E-state index in [1.807, 2.05) is 30.9 Å². The fraction of sp³-hybridized carbons (Fsp3) is 0.409. The smallest absolute Gasteiger partial charge is 0.229 e. The van der Waals surface area contributed by atoms with Crippen LogP contribution in [0, 0.1) is 19.8 Å². The first-order chi connectivity index (χ1) is 13.9. The van der Waals surface area contributed by atoms with Crippen LogP contribution >= 0.6 is 0 Å². The van der Waals surface area contributed by atoms with Crippen molar-refractivity contribution in [2.75, 3.05) is 11.9 Å². The van der Waals surface area contributed by atoms with Crippen molar-refractivity contribution in [2.24, 2.45) is 20.0 Å².